The molecule has 1 aliphatic carbocycles. The summed E-state index contributed by atoms with van der Waals surface area (Å²) in [6.07, 6.45) is 4.86. The number of nitrogens with zero attached hydrogens (tertiary/aromatic N) is 1. The third kappa shape index (κ3) is 2.05. The molecule has 88 valence electrons. The van der Waals surface area contributed by atoms with Crippen molar-refractivity contribution in [3.8, 4) is 6.07 Å². The first kappa shape index (κ1) is 11.4. The number of carbonyl (C=O) groups is 1. The molecule has 0 spiro atoms. The summed E-state index contributed by atoms with van der Waals surface area (Å²) in [5, 5.41) is 15.2. The second-order valence-corrected chi connectivity index (χ2v) is 5.11. The maximum Gasteiger partial charge on any atom is 0.240 e. The Morgan fingerprint density at radius 1 is 1.50 bits per heavy atom. The lowest BCUT2D eigenvalue weighted by Crippen LogP contribution is -2.54. The monoisotopic (exact) mass is 221 g/mol. The molecule has 1 amide bonds. The largest absolute Gasteiger partial charge is 0.350 e. The molecule has 0 radical (unpaired) electrons. The Morgan fingerprint density at radius 3 is 2.94 bits per heavy atom. The molecule has 1 saturated heterocycles. The molecule has 1 saturated carbocycles. The lowest BCUT2D eigenvalue weighted by Gasteiger charge is -2.26. The summed E-state index contributed by atoms with van der Waals surface area (Å²) < 4.78 is 0. The quantitative estimate of drug-likeness (QED) is 0.729. The lowest BCUT2D eigenvalue weighted by molar-refractivity contribution is -0.127. The van der Waals surface area contributed by atoms with Gasteiger partial charge < -0.3 is 10.6 Å². The summed E-state index contributed by atoms with van der Waals surface area (Å²) in [5.41, 5.74) is -0.414. The Balaban J connectivity index is 1.94. The Kier molecular flexibility index (Phi) is 3.15. The second-order valence-electron chi connectivity index (χ2n) is 5.11. The van der Waals surface area contributed by atoms with Crippen LogP contribution < -0.4 is 10.6 Å². The van der Waals surface area contributed by atoms with E-state index in [0.717, 1.165) is 38.6 Å². The van der Waals surface area contributed by atoms with E-state index in [1.807, 2.05) is 6.92 Å². The van der Waals surface area contributed by atoms with Crippen LogP contribution >= 0.6 is 0 Å². The molecule has 4 nitrogen and oxygen atoms in total. The highest BCUT2D eigenvalue weighted by atomic mass is 16.2. The smallest absolute Gasteiger partial charge is 0.240 e. The van der Waals surface area contributed by atoms with Gasteiger partial charge in [-0.25, -0.2) is 0 Å². The Hall–Kier alpha value is -1.08. The molecule has 16 heavy (non-hydrogen) atoms. The van der Waals surface area contributed by atoms with Crippen LogP contribution in [0.25, 0.3) is 0 Å². The molecule has 0 aromatic heterocycles. The van der Waals surface area contributed by atoms with E-state index in [2.05, 4.69) is 16.7 Å². The SMILES string of the molecule is CC1(C(=O)NC2CCCC2C#N)CCCN1. The fourth-order valence-electron chi connectivity index (χ4n) is 2.70. The predicted molar refractivity (Wildman–Crippen MR) is 60.5 cm³/mol. The van der Waals surface area contributed by atoms with Crippen molar-refractivity contribution in [2.75, 3.05) is 6.54 Å². The van der Waals surface area contributed by atoms with Gasteiger partial charge in [0.2, 0.25) is 5.91 Å². The zero-order valence-corrected chi connectivity index (χ0v) is 9.75. The van der Waals surface area contributed by atoms with Crippen molar-refractivity contribution in [1.82, 2.24) is 10.6 Å². The summed E-state index contributed by atoms with van der Waals surface area (Å²) in [6.45, 7) is 2.86. The van der Waals surface area contributed by atoms with E-state index in [1.165, 1.54) is 0 Å². The van der Waals surface area contributed by atoms with Crippen LogP contribution in [0.1, 0.15) is 39.0 Å². The predicted octanol–water partition coefficient (Wildman–Crippen LogP) is 0.937. The summed E-state index contributed by atoms with van der Waals surface area (Å²) in [5.74, 6) is 0.0751. The van der Waals surface area contributed by atoms with E-state index in [0.29, 0.717) is 0 Å². The van der Waals surface area contributed by atoms with Crippen LogP contribution in [0.4, 0.5) is 0 Å². The zero-order valence-electron chi connectivity index (χ0n) is 9.75. The molecule has 2 rings (SSSR count). The molecule has 4 heteroatoms. The summed E-state index contributed by atoms with van der Waals surface area (Å²) in [6, 6.07) is 2.35. The van der Waals surface area contributed by atoms with Crippen molar-refractivity contribution in [3.63, 3.8) is 0 Å². The van der Waals surface area contributed by atoms with Crippen molar-refractivity contribution in [2.45, 2.75) is 50.6 Å². The van der Waals surface area contributed by atoms with Gasteiger partial charge in [-0.15, -0.1) is 0 Å². The van der Waals surface area contributed by atoms with Gasteiger partial charge in [0, 0.05) is 6.04 Å². The maximum absolute atomic E-state index is 12.1. The average molecular weight is 221 g/mol. The minimum absolute atomic E-state index is 0.00829. The van der Waals surface area contributed by atoms with Crippen LogP contribution in [-0.2, 0) is 4.79 Å². The maximum atomic E-state index is 12.1. The van der Waals surface area contributed by atoms with Gasteiger partial charge in [-0.1, -0.05) is 0 Å². The third-order valence-electron chi connectivity index (χ3n) is 3.87. The number of hydrogen-bond donors (Lipinski definition) is 2. The van der Waals surface area contributed by atoms with Gasteiger partial charge in [0.1, 0.15) is 0 Å². The minimum Gasteiger partial charge on any atom is -0.350 e. The van der Waals surface area contributed by atoms with Crippen LogP contribution in [0.5, 0.6) is 0 Å². The molecule has 2 fully saturated rings. The van der Waals surface area contributed by atoms with Crippen molar-refractivity contribution in [3.05, 3.63) is 0 Å². The van der Waals surface area contributed by atoms with Crippen molar-refractivity contribution in [1.29, 1.82) is 5.26 Å². The van der Waals surface area contributed by atoms with E-state index in [-0.39, 0.29) is 17.9 Å². The van der Waals surface area contributed by atoms with Gasteiger partial charge in [-0.2, -0.15) is 5.26 Å². The lowest BCUT2D eigenvalue weighted by atomic mass is 9.97. The van der Waals surface area contributed by atoms with Crippen LogP contribution in [0.2, 0.25) is 0 Å². The Labute approximate surface area is 96.4 Å². The first-order chi connectivity index (χ1) is 7.65. The van der Waals surface area contributed by atoms with E-state index in [9.17, 15) is 4.79 Å². The van der Waals surface area contributed by atoms with Gasteiger partial charge in [0.05, 0.1) is 17.5 Å². The van der Waals surface area contributed by atoms with Gasteiger partial charge >= 0.3 is 0 Å². The van der Waals surface area contributed by atoms with Crippen molar-refractivity contribution < 1.29 is 4.79 Å². The molecule has 0 aromatic carbocycles. The van der Waals surface area contributed by atoms with Crippen molar-refractivity contribution >= 4 is 5.91 Å². The molecular weight excluding hydrogens is 202 g/mol. The molecule has 2 N–H and O–H groups in total. The van der Waals surface area contributed by atoms with Crippen molar-refractivity contribution in [2.24, 2.45) is 5.92 Å². The van der Waals surface area contributed by atoms with E-state index >= 15 is 0 Å². The second kappa shape index (κ2) is 4.42. The number of carbonyl (C=O) groups excluding carboxylic acids is 1. The number of amides is 1. The highest BCUT2D eigenvalue weighted by molar-refractivity contribution is 5.86. The zero-order chi connectivity index (χ0) is 11.6. The molecule has 1 aliphatic heterocycles. The molecule has 3 atom stereocenters. The molecule has 2 aliphatic rings. The van der Waals surface area contributed by atoms with Gasteiger partial charge in [-0.05, 0) is 45.6 Å². The highest BCUT2D eigenvalue weighted by Crippen LogP contribution is 2.26. The summed E-state index contributed by atoms with van der Waals surface area (Å²) >= 11 is 0. The van der Waals surface area contributed by atoms with Gasteiger partial charge in [-0.3, -0.25) is 4.79 Å². The van der Waals surface area contributed by atoms with Crippen LogP contribution in [-0.4, -0.2) is 24.0 Å². The Bertz CT molecular complexity index is 315. The number of nitriles is 1. The van der Waals surface area contributed by atoms with Crippen LogP contribution in [0.15, 0.2) is 0 Å². The molecule has 0 aromatic rings. The van der Waals surface area contributed by atoms with E-state index in [1.54, 1.807) is 0 Å². The van der Waals surface area contributed by atoms with E-state index < -0.39 is 5.54 Å². The Morgan fingerprint density at radius 2 is 2.31 bits per heavy atom. The number of nitrogens with one attached hydrogen (secondary N) is 2. The molecule has 1 heterocycles. The van der Waals surface area contributed by atoms with Gasteiger partial charge in [0.15, 0.2) is 0 Å². The number of hydrogen-bond acceptors (Lipinski definition) is 3. The normalized spacial score (nSPS) is 38.2. The standard InChI is InChI=1S/C12H19N3O/c1-12(6-3-7-14-12)11(16)15-10-5-2-4-9(10)8-13/h9-10,14H,2-7H2,1H3,(H,15,16). The van der Waals surface area contributed by atoms with Gasteiger partial charge in [0.25, 0.3) is 0 Å². The number of rotatable bonds is 2. The highest BCUT2D eigenvalue weighted by Gasteiger charge is 2.38. The molecule has 0 bridgehead atoms. The fraction of sp³-hybridized carbons (Fsp3) is 0.833. The first-order valence-electron chi connectivity index (χ1n) is 6.11. The van der Waals surface area contributed by atoms with Crippen LogP contribution in [0, 0.1) is 17.2 Å². The topological polar surface area (TPSA) is 64.9 Å². The fourth-order valence-corrected chi connectivity index (χ4v) is 2.70. The minimum atomic E-state index is -0.414. The van der Waals surface area contributed by atoms with E-state index in [4.69, 9.17) is 5.26 Å². The molecular formula is C12H19N3O. The first-order valence-corrected chi connectivity index (χ1v) is 6.11. The average Bonchev–Trinajstić information content (AvgIpc) is 2.87. The molecule has 3 unspecified atom stereocenters. The summed E-state index contributed by atoms with van der Waals surface area (Å²) in [4.78, 5) is 12.1. The summed E-state index contributed by atoms with van der Waals surface area (Å²) in [7, 11) is 0. The third-order valence-corrected chi connectivity index (χ3v) is 3.87. The van der Waals surface area contributed by atoms with Crippen LogP contribution in [0.3, 0.4) is 0 Å².